The van der Waals surface area contributed by atoms with Gasteiger partial charge in [0, 0.05) is 31.0 Å². The summed E-state index contributed by atoms with van der Waals surface area (Å²) in [5, 5.41) is 2.41. The van der Waals surface area contributed by atoms with Crippen molar-refractivity contribution in [2.75, 3.05) is 0 Å². The van der Waals surface area contributed by atoms with Crippen molar-refractivity contribution < 1.29 is 0 Å². The topological polar surface area (TPSA) is 0 Å². The van der Waals surface area contributed by atoms with Gasteiger partial charge in [-0.2, -0.15) is 0 Å². The number of fused-ring (bicyclic) bond motifs is 5. The molecule has 2 unspecified atom stereocenters. The Morgan fingerprint density at radius 1 is 1.00 bits per heavy atom. The van der Waals surface area contributed by atoms with Crippen LogP contribution < -0.4 is 0 Å². The zero-order valence-electron chi connectivity index (χ0n) is 9.82. The number of hydrogen-bond donors (Lipinski definition) is 0. The van der Waals surface area contributed by atoms with Crippen molar-refractivity contribution in [3.8, 4) is 0 Å². The van der Waals surface area contributed by atoms with Crippen molar-refractivity contribution in [1.29, 1.82) is 0 Å². The van der Waals surface area contributed by atoms with Gasteiger partial charge >= 0.3 is 0 Å². The summed E-state index contributed by atoms with van der Waals surface area (Å²) in [5.41, 5.74) is 0. The van der Waals surface area contributed by atoms with Gasteiger partial charge in [-0.05, 0) is 18.9 Å². The van der Waals surface area contributed by atoms with Crippen LogP contribution in [0.1, 0.15) is 42.9 Å². The van der Waals surface area contributed by atoms with Gasteiger partial charge in [0.15, 0.2) is 0 Å². The molecule has 1 aliphatic carbocycles. The molecule has 2 atom stereocenters. The monoisotopic (exact) mass is 260 g/mol. The van der Waals surface area contributed by atoms with E-state index < -0.39 is 0 Å². The SMILES string of the molecule is c1ccc2c3c(sc2c1)C1CCCCCC1S3. The molecule has 2 aromatic rings. The van der Waals surface area contributed by atoms with Gasteiger partial charge < -0.3 is 0 Å². The second-order valence-corrected chi connectivity index (χ2v) is 7.53. The van der Waals surface area contributed by atoms with E-state index in [4.69, 9.17) is 0 Å². The predicted octanol–water partition coefficient (Wildman–Crippen LogP) is 5.42. The van der Waals surface area contributed by atoms with E-state index in [0.29, 0.717) is 0 Å². The Bertz CT molecular complexity index is 555. The Morgan fingerprint density at radius 2 is 1.88 bits per heavy atom. The molecule has 17 heavy (non-hydrogen) atoms. The molecule has 1 aromatic heterocycles. The van der Waals surface area contributed by atoms with Crippen molar-refractivity contribution in [3.05, 3.63) is 29.1 Å². The average Bonchev–Trinajstić information content (AvgIpc) is 2.77. The third-order valence-corrected chi connectivity index (χ3v) is 7.11. The summed E-state index contributed by atoms with van der Waals surface area (Å²) < 4.78 is 1.49. The lowest BCUT2D eigenvalue weighted by molar-refractivity contribution is 0.622. The molecule has 4 rings (SSSR count). The first kappa shape index (κ1) is 10.5. The van der Waals surface area contributed by atoms with Crippen LogP contribution in [0.3, 0.4) is 0 Å². The molecule has 0 nitrogen and oxygen atoms in total. The molecular formula is C15H16S2. The molecule has 0 spiro atoms. The van der Waals surface area contributed by atoms with Crippen LogP contribution in [0.4, 0.5) is 0 Å². The molecule has 1 fully saturated rings. The Morgan fingerprint density at radius 3 is 2.88 bits per heavy atom. The summed E-state index contributed by atoms with van der Waals surface area (Å²) in [5.74, 6) is 0.870. The summed E-state index contributed by atoms with van der Waals surface area (Å²) in [6, 6.07) is 8.95. The molecule has 0 radical (unpaired) electrons. The second kappa shape index (κ2) is 4.03. The van der Waals surface area contributed by atoms with E-state index in [0.717, 1.165) is 11.2 Å². The molecule has 1 aromatic carbocycles. The standard InChI is InChI=1S/C15H16S2/c1-2-6-10-12(8-3-1)16-15-11-7-4-5-9-13(11)17-14(10)15/h4-5,7,9-10,12H,1-3,6,8H2. The maximum atomic E-state index is 2.31. The summed E-state index contributed by atoms with van der Waals surface area (Å²) >= 11 is 4.24. The fraction of sp³-hybridized carbons (Fsp3) is 0.467. The number of thioether (sulfide) groups is 1. The number of hydrogen-bond acceptors (Lipinski definition) is 2. The molecule has 2 heteroatoms. The van der Waals surface area contributed by atoms with E-state index in [1.165, 1.54) is 42.2 Å². The Hall–Kier alpha value is -0.470. The Balaban J connectivity index is 1.86. The molecule has 88 valence electrons. The van der Waals surface area contributed by atoms with Crippen LogP contribution in [0.15, 0.2) is 29.2 Å². The van der Waals surface area contributed by atoms with Crippen LogP contribution in [0, 0.1) is 0 Å². The van der Waals surface area contributed by atoms with Gasteiger partial charge in [0.05, 0.1) is 0 Å². The molecular weight excluding hydrogens is 244 g/mol. The maximum absolute atomic E-state index is 2.31. The van der Waals surface area contributed by atoms with Crippen molar-refractivity contribution in [1.82, 2.24) is 0 Å². The lowest BCUT2D eigenvalue weighted by Gasteiger charge is -2.14. The summed E-state index contributed by atoms with van der Waals surface area (Å²) in [4.78, 5) is 3.34. The third kappa shape index (κ3) is 1.57. The van der Waals surface area contributed by atoms with Crippen LogP contribution in [0.5, 0.6) is 0 Å². The highest BCUT2D eigenvalue weighted by molar-refractivity contribution is 8.00. The molecule has 1 aliphatic heterocycles. The van der Waals surface area contributed by atoms with E-state index in [1.807, 2.05) is 0 Å². The van der Waals surface area contributed by atoms with Crippen LogP contribution >= 0.6 is 23.1 Å². The highest BCUT2D eigenvalue weighted by Gasteiger charge is 2.36. The van der Waals surface area contributed by atoms with Gasteiger partial charge in [-0.3, -0.25) is 0 Å². The van der Waals surface area contributed by atoms with Crippen LogP contribution in [0.2, 0.25) is 0 Å². The second-order valence-electron chi connectivity index (χ2n) is 5.19. The number of benzene rings is 1. The first-order chi connectivity index (χ1) is 8.43. The largest absolute Gasteiger partial charge is 0.139 e. The van der Waals surface area contributed by atoms with Gasteiger partial charge in [-0.25, -0.2) is 0 Å². The molecule has 1 saturated carbocycles. The van der Waals surface area contributed by atoms with Gasteiger partial charge in [-0.15, -0.1) is 23.1 Å². The molecule has 2 heterocycles. The maximum Gasteiger partial charge on any atom is 0.0357 e. The van der Waals surface area contributed by atoms with Crippen molar-refractivity contribution in [2.45, 2.75) is 48.2 Å². The fourth-order valence-electron chi connectivity index (χ4n) is 3.27. The molecule has 0 saturated heterocycles. The zero-order chi connectivity index (χ0) is 11.2. The van der Waals surface area contributed by atoms with Crippen LogP contribution in [-0.2, 0) is 0 Å². The van der Waals surface area contributed by atoms with E-state index in [9.17, 15) is 0 Å². The first-order valence-electron chi connectivity index (χ1n) is 6.61. The molecule has 0 bridgehead atoms. The zero-order valence-corrected chi connectivity index (χ0v) is 11.4. The molecule has 0 N–H and O–H groups in total. The Labute approximate surface area is 110 Å². The van der Waals surface area contributed by atoms with E-state index in [1.54, 1.807) is 9.77 Å². The number of thiophene rings is 1. The minimum atomic E-state index is 0.870. The quantitative estimate of drug-likeness (QED) is 0.609. The van der Waals surface area contributed by atoms with Crippen LogP contribution in [-0.4, -0.2) is 5.25 Å². The van der Waals surface area contributed by atoms with Gasteiger partial charge in [0.1, 0.15) is 0 Å². The highest BCUT2D eigenvalue weighted by Crippen LogP contribution is 2.56. The summed E-state index contributed by atoms with van der Waals surface area (Å²) in [7, 11) is 0. The van der Waals surface area contributed by atoms with E-state index >= 15 is 0 Å². The average molecular weight is 260 g/mol. The van der Waals surface area contributed by atoms with Crippen molar-refractivity contribution >= 4 is 33.2 Å². The Kier molecular flexibility index (Phi) is 2.48. The smallest absolute Gasteiger partial charge is 0.0357 e. The van der Waals surface area contributed by atoms with Gasteiger partial charge in [0.25, 0.3) is 0 Å². The lowest BCUT2D eigenvalue weighted by Crippen LogP contribution is -2.06. The minimum Gasteiger partial charge on any atom is -0.139 e. The normalized spacial score (nSPS) is 27.8. The van der Waals surface area contributed by atoms with Gasteiger partial charge in [-0.1, -0.05) is 37.5 Å². The third-order valence-electron chi connectivity index (χ3n) is 4.13. The predicted molar refractivity (Wildman–Crippen MR) is 77.3 cm³/mol. The highest BCUT2D eigenvalue weighted by atomic mass is 32.2. The van der Waals surface area contributed by atoms with E-state index in [-0.39, 0.29) is 0 Å². The lowest BCUT2D eigenvalue weighted by atomic mass is 9.98. The fourth-order valence-corrected chi connectivity index (χ4v) is 6.59. The summed E-state index contributed by atoms with van der Waals surface area (Å²) in [6.07, 6.45) is 7.20. The van der Waals surface area contributed by atoms with Gasteiger partial charge in [0.2, 0.25) is 0 Å². The summed E-state index contributed by atoms with van der Waals surface area (Å²) in [6.45, 7) is 0. The van der Waals surface area contributed by atoms with Crippen molar-refractivity contribution in [3.63, 3.8) is 0 Å². The molecule has 2 aliphatic rings. The molecule has 0 amide bonds. The van der Waals surface area contributed by atoms with E-state index in [2.05, 4.69) is 47.4 Å². The van der Waals surface area contributed by atoms with Crippen molar-refractivity contribution in [2.24, 2.45) is 0 Å². The van der Waals surface area contributed by atoms with Crippen LogP contribution in [0.25, 0.3) is 10.1 Å². The number of rotatable bonds is 0. The minimum absolute atomic E-state index is 0.870. The first-order valence-corrected chi connectivity index (χ1v) is 8.31.